The molecule has 8 rings (SSSR count). The number of aliphatic hydroxyl groups excluding tert-OH is 26. The Bertz CT molecular complexity index is 2120. The van der Waals surface area contributed by atoms with Crippen LogP contribution >= 0.6 is 0 Å². The van der Waals surface area contributed by atoms with E-state index in [1.807, 2.05) is 0 Å². The first-order chi connectivity index (χ1) is 42.2. The first-order valence-electron chi connectivity index (χ1n) is 28.2. The lowest BCUT2D eigenvalue weighted by molar-refractivity contribution is -0.400. The third-order valence-electron chi connectivity index (χ3n) is 16.7. The summed E-state index contributed by atoms with van der Waals surface area (Å²) >= 11 is 0. The molecule has 41 nitrogen and oxygen atoms in total. The molecule has 0 aliphatic carbocycles. The van der Waals surface area contributed by atoms with Crippen LogP contribution in [0.4, 0.5) is 0 Å². The van der Waals surface area contributed by atoms with E-state index in [2.05, 4.69) is 0 Å². The quantitative estimate of drug-likeness (QED) is 0.0479. The van der Waals surface area contributed by atoms with Crippen molar-refractivity contribution in [3.8, 4) is 0 Å². The van der Waals surface area contributed by atoms with Gasteiger partial charge in [0.1, 0.15) is 195 Å². The summed E-state index contributed by atoms with van der Waals surface area (Å²) < 4.78 is 83.5. The molecule has 40 atom stereocenters. The summed E-state index contributed by atoms with van der Waals surface area (Å²) in [6, 6.07) is 0. The van der Waals surface area contributed by atoms with Gasteiger partial charge in [-0.25, -0.2) is 0 Å². The summed E-state index contributed by atoms with van der Waals surface area (Å²) in [5, 5.41) is 278. The van der Waals surface area contributed by atoms with E-state index in [0.717, 1.165) is 0 Å². The molecule has 0 saturated carbocycles. The van der Waals surface area contributed by atoms with Crippen molar-refractivity contribution < 1.29 is 204 Å². The lowest BCUT2D eigenvalue weighted by Crippen LogP contribution is -2.68. The fourth-order valence-electron chi connectivity index (χ4n) is 11.5. The molecule has 0 amide bonds. The van der Waals surface area contributed by atoms with Gasteiger partial charge < -0.3 is 204 Å². The highest BCUT2D eigenvalue weighted by Gasteiger charge is 2.59. The van der Waals surface area contributed by atoms with Gasteiger partial charge in [-0.15, -0.1) is 0 Å². The van der Waals surface area contributed by atoms with Gasteiger partial charge in [0, 0.05) is 0 Å². The second-order valence-electron chi connectivity index (χ2n) is 22.4. The largest absolute Gasteiger partial charge is 0.394 e. The minimum absolute atomic E-state index is 0.867. The molecule has 0 radical (unpaired) electrons. The molecule has 26 N–H and O–H groups in total. The first-order valence-corrected chi connectivity index (χ1v) is 28.2. The van der Waals surface area contributed by atoms with Crippen LogP contribution in [0.15, 0.2) is 0 Å². The van der Waals surface area contributed by atoms with Gasteiger partial charge >= 0.3 is 0 Å². The van der Waals surface area contributed by atoms with Crippen molar-refractivity contribution in [1.29, 1.82) is 0 Å². The predicted octanol–water partition coefficient (Wildman–Crippen LogP) is -18.5. The molecule has 0 unspecified atom stereocenters. The maximum absolute atomic E-state index is 11.5. The van der Waals surface area contributed by atoms with Crippen LogP contribution in [-0.4, -0.2) is 431 Å². The monoisotopic (exact) mass is 1310 g/mol. The molecule has 0 bridgehead atoms. The van der Waals surface area contributed by atoms with E-state index in [1.165, 1.54) is 0 Å². The molecule has 0 aromatic heterocycles. The fraction of sp³-hybridized carbons (Fsp3) is 1.00. The van der Waals surface area contributed by atoms with Crippen LogP contribution in [-0.2, 0) is 71.1 Å². The average Bonchev–Trinajstić information content (AvgIpc) is 1.05. The van der Waals surface area contributed by atoms with Crippen molar-refractivity contribution in [2.45, 2.75) is 246 Å². The Morgan fingerprint density at radius 3 is 0.618 bits per heavy atom. The Morgan fingerprint density at radius 1 is 0.169 bits per heavy atom. The van der Waals surface area contributed by atoms with Gasteiger partial charge in [-0.1, -0.05) is 0 Å². The highest BCUT2D eigenvalue weighted by atomic mass is 16.8. The number of hydrogen-bond acceptors (Lipinski definition) is 41. The molecule has 8 fully saturated rings. The summed E-state index contributed by atoms with van der Waals surface area (Å²) in [6.45, 7) is -8.16. The SMILES string of the molecule is OC[C@H]1O[C@@H](O[C@H]2[C@H](O)[C@@H](O)[C@H](O[C@@H]3[C@@H](O)[C@H](O[C@H]4[C@H](O)[C@@H](O)[C@H](O[C@H]5[C@H](O)[C@@H](O)[C@H](O[C@@H]6[C@@H](O)[C@H](O[C@H]7[C@H](O)[C@@H](O)[C@H](O[C@H]8[C@H](O)[C@@H](O)[C@@H](O)O[C@@H]8CO)O[C@@H]7CO)O[C@H](CO)[C@H]6O)O[C@@H]5CO)O[C@@H]4CO)O[C@H](CO)[C@H]3O)O[C@@H]2CO)[C@H](O)[C@@H](O)[C@@H]1O. The van der Waals surface area contributed by atoms with Crippen molar-refractivity contribution in [3.05, 3.63) is 0 Å². The van der Waals surface area contributed by atoms with Crippen LogP contribution in [0.3, 0.4) is 0 Å². The molecule has 0 aromatic rings. The molecule has 520 valence electrons. The van der Waals surface area contributed by atoms with Crippen LogP contribution < -0.4 is 0 Å². The predicted molar refractivity (Wildman–Crippen MR) is 264 cm³/mol. The maximum atomic E-state index is 11.5. The van der Waals surface area contributed by atoms with Gasteiger partial charge in [-0.05, 0) is 0 Å². The molecule has 0 aromatic carbocycles. The second-order valence-corrected chi connectivity index (χ2v) is 22.4. The van der Waals surface area contributed by atoms with Gasteiger partial charge in [-0.3, -0.25) is 0 Å². The van der Waals surface area contributed by atoms with Crippen LogP contribution in [0.1, 0.15) is 0 Å². The number of rotatable bonds is 22. The summed E-state index contributed by atoms with van der Waals surface area (Å²) in [5.74, 6) is 0. The standard InChI is InChI=1S/C48H82O41/c49-1-9-17(57)20(60)27(67)42(76-9)84-35-13(5-53)81-45(30(70)24(35)64)88-39-18(58)10(2-50)78-48(32(39)72)87-38-16(8-56)80-44(29(69)23(38)63)85-36-14(6-54)82-46(31(71)25(36)65)89-40-19(59)11(3-51)77-47(33(40)73)86-37-15(7-55)79-43(28(68)22(37)62)83-34-12(4-52)75-41(74)26(66)21(34)61/h9-74H,1-8H2/t9-,10-,11-,12-,13-,14-,15-,16-,17-,18-,19-,20+,21-,22-,23-,24-,25-,26-,27-,28-,29-,30-,31-,32-,33-,34-,35-,36-,37-,38-,39+,40+,41+,42+,43+,44+,45+,46+,47+,48+/m1/s1. The molecule has 8 aliphatic rings. The second kappa shape index (κ2) is 31.5. The molecular weight excluding hydrogens is 1230 g/mol. The Labute approximate surface area is 501 Å². The van der Waals surface area contributed by atoms with Crippen LogP contribution in [0.2, 0.25) is 0 Å². The van der Waals surface area contributed by atoms with Crippen LogP contribution in [0, 0.1) is 0 Å². The summed E-state index contributed by atoms with van der Waals surface area (Å²) in [6.07, 6.45) is -79.5. The smallest absolute Gasteiger partial charge is 0.187 e. The number of ether oxygens (including phenoxy) is 15. The van der Waals surface area contributed by atoms with Gasteiger partial charge in [0.15, 0.2) is 50.3 Å². The first kappa shape index (κ1) is 73.2. The Hall–Kier alpha value is -1.64. The van der Waals surface area contributed by atoms with Crippen LogP contribution in [0.25, 0.3) is 0 Å². The summed E-state index contributed by atoms with van der Waals surface area (Å²) in [7, 11) is 0. The topological polar surface area (TPSA) is 664 Å². The van der Waals surface area contributed by atoms with Gasteiger partial charge in [0.05, 0.1) is 52.9 Å². The van der Waals surface area contributed by atoms with E-state index in [-0.39, 0.29) is 0 Å². The van der Waals surface area contributed by atoms with Gasteiger partial charge in [0.2, 0.25) is 0 Å². The van der Waals surface area contributed by atoms with Crippen molar-refractivity contribution in [1.82, 2.24) is 0 Å². The minimum Gasteiger partial charge on any atom is -0.394 e. The molecule has 8 heterocycles. The van der Waals surface area contributed by atoms with E-state index < -0.39 is 299 Å². The number of aliphatic hydroxyl groups is 26. The maximum Gasteiger partial charge on any atom is 0.187 e. The zero-order chi connectivity index (χ0) is 65.4. The highest BCUT2D eigenvalue weighted by Crippen LogP contribution is 2.39. The minimum atomic E-state index is -2.31. The van der Waals surface area contributed by atoms with E-state index in [4.69, 9.17) is 71.1 Å². The van der Waals surface area contributed by atoms with E-state index in [9.17, 15) is 133 Å². The van der Waals surface area contributed by atoms with Crippen molar-refractivity contribution in [3.63, 3.8) is 0 Å². The molecule has 0 spiro atoms. The van der Waals surface area contributed by atoms with Gasteiger partial charge in [0.25, 0.3) is 0 Å². The molecule has 89 heavy (non-hydrogen) atoms. The third kappa shape index (κ3) is 15.0. The zero-order valence-corrected chi connectivity index (χ0v) is 46.5. The van der Waals surface area contributed by atoms with Crippen molar-refractivity contribution in [2.75, 3.05) is 52.9 Å². The van der Waals surface area contributed by atoms with Crippen molar-refractivity contribution in [2.24, 2.45) is 0 Å². The Balaban J connectivity index is 0.888. The van der Waals surface area contributed by atoms with Gasteiger partial charge in [-0.2, -0.15) is 0 Å². The molecule has 8 saturated heterocycles. The summed E-state index contributed by atoms with van der Waals surface area (Å²) in [4.78, 5) is 0. The Morgan fingerprint density at radius 2 is 0.360 bits per heavy atom. The van der Waals surface area contributed by atoms with E-state index in [1.54, 1.807) is 0 Å². The zero-order valence-electron chi connectivity index (χ0n) is 46.5. The van der Waals surface area contributed by atoms with E-state index in [0.29, 0.717) is 0 Å². The third-order valence-corrected chi connectivity index (χ3v) is 16.7. The summed E-state index contributed by atoms with van der Waals surface area (Å²) in [5.41, 5.74) is 0. The fourth-order valence-corrected chi connectivity index (χ4v) is 11.5. The molecular formula is C48H82O41. The number of hydrogen-bond donors (Lipinski definition) is 26. The van der Waals surface area contributed by atoms with E-state index >= 15 is 0 Å². The normalized spacial score (nSPS) is 53.6. The molecule has 8 aliphatic heterocycles. The average molecular weight is 1320 g/mol. The highest BCUT2D eigenvalue weighted by molar-refractivity contribution is 5.02. The lowest BCUT2D eigenvalue weighted by Gasteiger charge is -2.50. The molecule has 41 heteroatoms. The lowest BCUT2D eigenvalue weighted by atomic mass is 9.95. The van der Waals surface area contributed by atoms with Crippen molar-refractivity contribution >= 4 is 0 Å². The Kier molecular flexibility index (Phi) is 25.9. The van der Waals surface area contributed by atoms with Crippen LogP contribution in [0.5, 0.6) is 0 Å².